The van der Waals surface area contributed by atoms with E-state index in [-0.39, 0.29) is 37.3 Å². The number of halogens is 4. The van der Waals surface area contributed by atoms with Crippen molar-refractivity contribution in [3.05, 3.63) is 47.2 Å². The lowest BCUT2D eigenvalue weighted by molar-refractivity contribution is -0.172. The molecule has 5 rings (SSSR count). The summed E-state index contributed by atoms with van der Waals surface area (Å²) in [5, 5.41) is 13.7. The quantitative estimate of drug-likeness (QED) is 0.228. The van der Waals surface area contributed by atoms with Gasteiger partial charge in [0.25, 0.3) is 11.8 Å². The standard InChI is InChI=1S/C28H33F4N7O4/c1-4-38-20(7-10-34-38)23(40)36-22(17-5-8-27(29,30)9-6-17)19-13-39-21(35-19)11-16(2)18(37-39)12-26(25(42)43-3)14-28(31,32)15-33-24(26)41/h7,10-11,13,17,22H,4-6,8-9,12,14-15H2,1-3H3,(H,33,41)(H,36,40)/t22-,26?/m0/s1. The van der Waals surface area contributed by atoms with Crippen LogP contribution in [0.4, 0.5) is 17.6 Å². The summed E-state index contributed by atoms with van der Waals surface area (Å²) in [6.45, 7) is 3.04. The second-order valence-electron chi connectivity index (χ2n) is 11.4. The number of alkyl halides is 4. The number of nitrogens with zero attached hydrogens (tertiary/aromatic N) is 5. The van der Waals surface area contributed by atoms with Crippen molar-refractivity contribution in [2.45, 2.75) is 76.8 Å². The van der Waals surface area contributed by atoms with E-state index in [1.165, 1.54) is 21.6 Å². The van der Waals surface area contributed by atoms with E-state index >= 15 is 0 Å². The maximum absolute atomic E-state index is 14.5. The molecule has 0 spiro atoms. The molecule has 0 radical (unpaired) electrons. The molecule has 3 aromatic heterocycles. The summed E-state index contributed by atoms with van der Waals surface area (Å²) in [5.74, 6) is -8.87. The van der Waals surface area contributed by atoms with Crippen LogP contribution >= 0.6 is 0 Å². The van der Waals surface area contributed by atoms with E-state index in [4.69, 9.17) is 4.74 Å². The highest BCUT2D eigenvalue weighted by Crippen LogP contribution is 2.42. The largest absolute Gasteiger partial charge is 0.468 e. The third-order valence-corrected chi connectivity index (χ3v) is 8.40. The van der Waals surface area contributed by atoms with Gasteiger partial charge < -0.3 is 15.4 Å². The Hall–Kier alpha value is -4.04. The molecule has 0 bridgehead atoms. The van der Waals surface area contributed by atoms with E-state index in [1.54, 1.807) is 19.1 Å². The molecule has 1 saturated heterocycles. The summed E-state index contributed by atoms with van der Waals surface area (Å²) in [7, 11) is 1.03. The van der Waals surface area contributed by atoms with Gasteiger partial charge in [-0.15, -0.1) is 0 Å². The lowest BCUT2D eigenvalue weighted by Gasteiger charge is -2.37. The van der Waals surface area contributed by atoms with Crippen LogP contribution in [0.2, 0.25) is 0 Å². The number of piperidine rings is 1. The van der Waals surface area contributed by atoms with Crippen LogP contribution in [0.1, 0.15) is 72.5 Å². The molecule has 1 saturated carbocycles. The Morgan fingerprint density at radius 1 is 1.21 bits per heavy atom. The van der Waals surface area contributed by atoms with Gasteiger partial charge in [0, 0.05) is 38.4 Å². The minimum Gasteiger partial charge on any atom is -0.468 e. The number of nitrogens with one attached hydrogen (secondary N) is 2. The number of aryl methyl sites for hydroxylation is 2. The van der Waals surface area contributed by atoms with E-state index < -0.39 is 60.5 Å². The topological polar surface area (TPSA) is 133 Å². The number of aromatic nitrogens is 5. The average molecular weight is 608 g/mol. The Labute approximate surface area is 244 Å². The lowest BCUT2D eigenvalue weighted by Crippen LogP contribution is -2.59. The molecule has 15 heteroatoms. The third kappa shape index (κ3) is 5.93. The minimum atomic E-state index is -3.34. The van der Waals surface area contributed by atoms with Crippen molar-refractivity contribution >= 4 is 23.4 Å². The second kappa shape index (κ2) is 11.2. The third-order valence-electron chi connectivity index (χ3n) is 8.40. The highest BCUT2D eigenvalue weighted by molar-refractivity contribution is 6.03. The van der Waals surface area contributed by atoms with Gasteiger partial charge in [0.05, 0.1) is 37.3 Å². The summed E-state index contributed by atoms with van der Waals surface area (Å²) >= 11 is 0. The maximum atomic E-state index is 14.5. The van der Waals surface area contributed by atoms with Crippen LogP contribution in [0.15, 0.2) is 24.5 Å². The number of hydrogen-bond donors (Lipinski definition) is 2. The molecule has 2 N–H and O–H groups in total. The van der Waals surface area contributed by atoms with Crippen molar-refractivity contribution in [1.82, 2.24) is 35.0 Å². The molecule has 2 fully saturated rings. The molecule has 0 aromatic carbocycles. The fourth-order valence-electron chi connectivity index (χ4n) is 6.04. The summed E-state index contributed by atoms with van der Waals surface area (Å²) in [6, 6.07) is 2.45. The first kappa shape index (κ1) is 30.4. The number of rotatable bonds is 8. The molecule has 1 unspecified atom stereocenters. The number of ether oxygens (including phenoxy) is 1. The summed E-state index contributed by atoms with van der Waals surface area (Å²) in [4.78, 5) is 43.5. The Bertz CT molecular complexity index is 1530. The number of fused-ring (bicyclic) bond motifs is 1. The highest BCUT2D eigenvalue weighted by Gasteiger charge is 2.57. The smallest absolute Gasteiger partial charge is 0.322 e. The second-order valence-corrected chi connectivity index (χ2v) is 11.4. The van der Waals surface area contributed by atoms with Crippen molar-refractivity contribution in [1.29, 1.82) is 0 Å². The van der Waals surface area contributed by atoms with Crippen molar-refractivity contribution in [3.63, 3.8) is 0 Å². The van der Waals surface area contributed by atoms with Gasteiger partial charge in [-0.05, 0) is 50.3 Å². The van der Waals surface area contributed by atoms with E-state index in [0.29, 0.717) is 29.1 Å². The minimum absolute atomic E-state index is 0.154. The van der Waals surface area contributed by atoms with Gasteiger partial charge in [0.1, 0.15) is 5.69 Å². The predicted octanol–water partition coefficient (Wildman–Crippen LogP) is 3.41. The number of carbonyl (C=O) groups is 3. The first-order valence-electron chi connectivity index (χ1n) is 14.1. The Kier molecular flexibility index (Phi) is 7.94. The Morgan fingerprint density at radius 2 is 1.93 bits per heavy atom. The molecule has 1 aliphatic heterocycles. The summed E-state index contributed by atoms with van der Waals surface area (Å²) in [5.41, 5.74) is -0.485. The van der Waals surface area contributed by atoms with Gasteiger partial charge in [-0.25, -0.2) is 27.1 Å². The average Bonchev–Trinajstić information content (AvgIpc) is 3.60. The van der Waals surface area contributed by atoms with Crippen LogP contribution in [0.25, 0.3) is 5.65 Å². The number of hydrogen-bond acceptors (Lipinski definition) is 7. The Morgan fingerprint density at radius 3 is 2.60 bits per heavy atom. The van der Waals surface area contributed by atoms with Crippen LogP contribution in [0, 0.1) is 18.3 Å². The van der Waals surface area contributed by atoms with Gasteiger partial charge >= 0.3 is 5.97 Å². The van der Waals surface area contributed by atoms with Gasteiger partial charge in [0.2, 0.25) is 11.8 Å². The van der Waals surface area contributed by atoms with Gasteiger partial charge in [-0.3, -0.25) is 19.1 Å². The first-order chi connectivity index (χ1) is 20.3. The zero-order valence-corrected chi connectivity index (χ0v) is 24.0. The molecular formula is C28H33F4N7O4. The number of methoxy groups -OCH3 is 1. The number of carbonyl (C=O) groups excluding carboxylic acids is 3. The number of amides is 2. The summed E-state index contributed by atoms with van der Waals surface area (Å²) in [6.07, 6.45) is 1.20. The molecule has 2 amide bonds. The number of esters is 1. The van der Waals surface area contributed by atoms with Gasteiger partial charge in [0.15, 0.2) is 11.1 Å². The Balaban J connectivity index is 1.50. The maximum Gasteiger partial charge on any atom is 0.322 e. The van der Waals surface area contributed by atoms with Crippen LogP contribution < -0.4 is 10.6 Å². The molecule has 4 heterocycles. The zero-order valence-electron chi connectivity index (χ0n) is 24.0. The van der Waals surface area contributed by atoms with E-state index in [0.717, 1.165) is 7.11 Å². The number of imidazole rings is 1. The molecule has 1 aliphatic carbocycles. The highest BCUT2D eigenvalue weighted by atomic mass is 19.3. The molecule has 3 aromatic rings. The SMILES string of the molecule is CCn1nccc1C(=O)N[C@H](c1cn2nc(CC3(C(=O)OC)CC(F)(F)CNC3=O)c(C)cc2n1)C1CCC(F)(F)CC1. The van der Waals surface area contributed by atoms with Crippen LogP contribution in [0.3, 0.4) is 0 Å². The van der Waals surface area contributed by atoms with Crippen LogP contribution in [-0.2, 0) is 27.3 Å². The fourth-order valence-corrected chi connectivity index (χ4v) is 6.04. The summed E-state index contributed by atoms with van der Waals surface area (Å²) < 4.78 is 64.6. The van der Waals surface area contributed by atoms with Crippen molar-refractivity contribution < 1.29 is 36.7 Å². The predicted molar refractivity (Wildman–Crippen MR) is 143 cm³/mol. The normalized spacial score (nSPS) is 22.6. The lowest BCUT2D eigenvalue weighted by atomic mass is 9.74. The van der Waals surface area contributed by atoms with Gasteiger partial charge in [-0.2, -0.15) is 10.2 Å². The molecule has 43 heavy (non-hydrogen) atoms. The van der Waals surface area contributed by atoms with Crippen LogP contribution in [-0.4, -0.2) is 67.7 Å². The van der Waals surface area contributed by atoms with Gasteiger partial charge in [-0.1, -0.05) is 0 Å². The van der Waals surface area contributed by atoms with E-state index in [2.05, 4.69) is 25.8 Å². The van der Waals surface area contributed by atoms with E-state index in [9.17, 15) is 31.9 Å². The molecule has 11 nitrogen and oxygen atoms in total. The molecule has 2 atom stereocenters. The van der Waals surface area contributed by atoms with E-state index in [1.807, 2.05) is 6.92 Å². The fraction of sp³-hybridized carbons (Fsp3) is 0.571. The zero-order chi connectivity index (χ0) is 31.2. The molecule has 232 valence electrons. The van der Waals surface area contributed by atoms with Crippen molar-refractivity contribution in [2.75, 3.05) is 13.7 Å². The first-order valence-corrected chi connectivity index (χ1v) is 14.1. The molecular weight excluding hydrogens is 574 g/mol. The molecule has 2 aliphatic rings. The van der Waals surface area contributed by atoms with Crippen LogP contribution in [0.5, 0.6) is 0 Å². The monoisotopic (exact) mass is 607 g/mol. The van der Waals surface area contributed by atoms with Crippen molar-refractivity contribution in [3.8, 4) is 0 Å². The van der Waals surface area contributed by atoms with Crippen molar-refractivity contribution in [2.24, 2.45) is 11.3 Å².